The van der Waals surface area contributed by atoms with Crippen molar-refractivity contribution in [2.24, 2.45) is 0 Å². The highest BCUT2D eigenvalue weighted by Crippen LogP contribution is 2.23. The zero-order valence-electron chi connectivity index (χ0n) is 25.8. The second kappa shape index (κ2) is 15.9. The Morgan fingerprint density at radius 1 is 0.872 bits per heavy atom. The number of nitrogens with two attached hydrogens (primary N) is 1. The smallest absolute Gasteiger partial charge is 0.270 e. The van der Waals surface area contributed by atoms with Crippen LogP contribution < -0.4 is 27.0 Å². The Balaban J connectivity index is 1.39. The quantitative estimate of drug-likeness (QED) is 0.224. The summed E-state index contributed by atoms with van der Waals surface area (Å²) in [5.74, 6) is -1.42. The van der Waals surface area contributed by atoms with Crippen molar-refractivity contribution < 1.29 is 19.2 Å². The first kappa shape index (κ1) is 32.5. The number of carbonyl (C=O) groups excluding carboxylic acids is 4. The summed E-state index contributed by atoms with van der Waals surface area (Å²) in [5, 5.41) is 11.8. The van der Waals surface area contributed by atoms with Crippen LogP contribution in [0, 0.1) is 0 Å². The number of pyridine rings is 1. The monoisotopic (exact) mass is 635 g/mol. The van der Waals surface area contributed by atoms with Crippen molar-refractivity contribution in [1.82, 2.24) is 35.8 Å². The first-order valence-electron chi connectivity index (χ1n) is 15.4. The Morgan fingerprint density at radius 2 is 1.62 bits per heavy atom. The van der Waals surface area contributed by atoms with Crippen molar-refractivity contribution in [3.8, 4) is 11.3 Å². The number of fused-ring (bicyclic) bond motifs is 2. The van der Waals surface area contributed by atoms with E-state index < -0.39 is 17.9 Å². The number of hydrogen-bond acceptors (Lipinski definition) is 9. The van der Waals surface area contributed by atoms with Crippen LogP contribution in [0.15, 0.2) is 85.2 Å². The Bertz CT molecular complexity index is 1700. The van der Waals surface area contributed by atoms with Crippen molar-refractivity contribution in [3.63, 3.8) is 0 Å². The summed E-state index contributed by atoms with van der Waals surface area (Å²) in [7, 11) is 0. The second-order valence-corrected chi connectivity index (χ2v) is 11.0. The summed E-state index contributed by atoms with van der Waals surface area (Å²) in [5.41, 5.74) is 8.87. The molecule has 4 amide bonds. The maximum absolute atomic E-state index is 14.0. The van der Waals surface area contributed by atoms with E-state index in [0.717, 1.165) is 5.56 Å². The number of rotatable bonds is 4. The lowest BCUT2D eigenvalue weighted by Crippen LogP contribution is -2.50. The van der Waals surface area contributed by atoms with Crippen molar-refractivity contribution in [3.05, 3.63) is 102 Å². The predicted molar refractivity (Wildman–Crippen MR) is 177 cm³/mol. The molecule has 0 unspecified atom stereocenters. The summed E-state index contributed by atoms with van der Waals surface area (Å²) < 4.78 is 0. The zero-order valence-corrected chi connectivity index (χ0v) is 25.8. The van der Waals surface area contributed by atoms with Gasteiger partial charge in [-0.1, -0.05) is 60.7 Å². The van der Waals surface area contributed by atoms with Crippen LogP contribution in [0.4, 0.5) is 11.6 Å². The summed E-state index contributed by atoms with van der Waals surface area (Å²) in [6, 6.07) is 20.9. The summed E-state index contributed by atoms with van der Waals surface area (Å²) in [6.07, 6.45) is 3.72. The fourth-order valence-corrected chi connectivity index (χ4v) is 5.17. The Morgan fingerprint density at radius 3 is 2.40 bits per heavy atom. The molecular weight excluding hydrogens is 598 g/mol. The van der Waals surface area contributed by atoms with Gasteiger partial charge in [0.15, 0.2) is 0 Å². The Kier molecular flexibility index (Phi) is 11.0. The second-order valence-electron chi connectivity index (χ2n) is 11.0. The number of carbonyl (C=O) groups is 4. The largest absolute Gasteiger partial charge is 0.383 e. The van der Waals surface area contributed by atoms with Gasteiger partial charge in [-0.05, 0) is 24.1 Å². The van der Waals surface area contributed by atoms with Crippen LogP contribution in [-0.4, -0.2) is 82.2 Å². The van der Waals surface area contributed by atoms with E-state index in [1.807, 2.05) is 60.7 Å². The van der Waals surface area contributed by atoms with Crippen LogP contribution in [0.1, 0.15) is 39.3 Å². The third-order valence-corrected chi connectivity index (χ3v) is 7.56. The van der Waals surface area contributed by atoms with Gasteiger partial charge in [0.1, 0.15) is 11.7 Å². The minimum atomic E-state index is -0.911. The molecule has 0 saturated carbocycles. The number of nitrogens with zero attached hydrogens (tertiary/aromatic N) is 4. The van der Waals surface area contributed by atoms with Gasteiger partial charge in [-0.3, -0.25) is 24.2 Å². The number of anilines is 2. The molecule has 242 valence electrons. The number of amides is 4. The van der Waals surface area contributed by atoms with Crippen LogP contribution in [0.3, 0.4) is 0 Å². The van der Waals surface area contributed by atoms with E-state index in [0.29, 0.717) is 36.5 Å². The van der Waals surface area contributed by atoms with Crippen molar-refractivity contribution in [2.75, 3.05) is 43.8 Å². The summed E-state index contributed by atoms with van der Waals surface area (Å²) >= 11 is 0. The van der Waals surface area contributed by atoms with Crippen molar-refractivity contribution in [2.45, 2.75) is 25.3 Å². The van der Waals surface area contributed by atoms with Gasteiger partial charge in [-0.15, -0.1) is 0 Å². The van der Waals surface area contributed by atoms with Gasteiger partial charge in [0.2, 0.25) is 17.8 Å². The first-order valence-corrected chi connectivity index (χ1v) is 15.4. The van der Waals surface area contributed by atoms with Crippen LogP contribution in [0.25, 0.3) is 11.3 Å². The molecule has 2 bridgehead atoms. The third kappa shape index (κ3) is 9.10. The average Bonchev–Trinajstić information content (AvgIpc) is 3.09. The lowest BCUT2D eigenvalue weighted by Gasteiger charge is -2.25. The minimum absolute atomic E-state index is 0.0301. The van der Waals surface area contributed by atoms with E-state index in [9.17, 15) is 19.2 Å². The molecule has 0 radical (unpaired) electrons. The predicted octanol–water partition coefficient (Wildman–Crippen LogP) is 2.04. The topological polar surface area (TPSA) is 184 Å². The average molecular weight is 636 g/mol. The molecule has 1 aliphatic heterocycles. The molecule has 0 fully saturated rings. The van der Waals surface area contributed by atoms with E-state index >= 15 is 0 Å². The van der Waals surface area contributed by atoms with Gasteiger partial charge in [-0.25, -0.2) is 9.97 Å². The first-order chi connectivity index (χ1) is 22.9. The summed E-state index contributed by atoms with van der Waals surface area (Å²) in [4.78, 5) is 67.6. The molecule has 1 atom stereocenters. The molecule has 13 heteroatoms. The molecule has 2 aromatic carbocycles. The summed E-state index contributed by atoms with van der Waals surface area (Å²) in [6.45, 7) is 1.23. The van der Waals surface area contributed by atoms with E-state index in [2.05, 4.69) is 36.2 Å². The molecule has 3 heterocycles. The lowest BCUT2D eigenvalue weighted by molar-refractivity contribution is -0.123. The maximum Gasteiger partial charge on any atom is 0.270 e. The third-order valence-electron chi connectivity index (χ3n) is 7.56. The highest BCUT2D eigenvalue weighted by Gasteiger charge is 2.25. The van der Waals surface area contributed by atoms with Crippen molar-refractivity contribution >= 4 is 35.3 Å². The number of hydrogen-bond donors (Lipinski definition) is 5. The molecule has 0 spiro atoms. The van der Waals surface area contributed by atoms with E-state index in [1.54, 1.807) is 17.0 Å². The van der Waals surface area contributed by atoms with E-state index in [1.165, 1.54) is 12.4 Å². The highest BCUT2D eigenvalue weighted by molar-refractivity contribution is 6.00. The van der Waals surface area contributed by atoms with Crippen molar-refractivity contribution in [1.29, 1.82) is 0 Å². The van der Waals surface area contributed by atoms with E-state index in [-0.39, 0.29) is 61.5 Å². The number of nitrogens with one attached hydrogen (secondary N) is 4. The van der Waals surface area contributed by atoms with Crippen LogP contribution >= 0.6 is 0 Å². The SMILES string of the molecule is Nc1ncc(C(=O)N2CCCC(=O)NCCNc3ccnc(c3)C(=O)N[C@@H](Cc3ccccc3)C(=O)NCC2)c(-c2ccccc2)n1. The van der Waals surface area contributed by atoms with Gasteiger partial charge in [-0.2, -0.15) is 0 Å². The molecule has 1 aliphatic rings. The molecular formula is C34H37N9O4. The molecule has 47 heavy (non-hydrogen) atoms. The Labute approximate surface area is 272 Å². The molecule has 2 aromatic heterocycles. The highest BCUT2D eigenvalue weighted by atomic mass is 16.2. The molecule has 13 nitrogen and oxygen atoms in total. The zero-order chi connectivity index (χ0) is 33.0. The molecule has 5 rings (SSSR count). The lowest BCUT2D eigenvalue weighted by atomic mass is 10.0. The van der Waals surface area contributed by atoms with Crippen LogP contribution in [0.2, 0.25) is 0 Å². The van der Waals surface area contributed by atoms with Crippen LogP contribution in [-0.2, 0) is 16.0 Å². The molecule has 6 N–H and O–H groups in total. The normalized spacial score (nSPS) is 16.7. The number of nitrogen functional groups attached to an aromatic ring is 1. The minimum Gasteiger partial charge on any atom is -0.383 e. The maximum atomic E-state index is 14.0. The van der Waals surface area contributed by atoms with E-state index in [4.69, 9.17) is 5.73 Å². The fourth-order valence-electron chi connectivity index (χ4n) is 5.17. The number of aromatic nitrogens is 3. The van der Waals surface area contributed by atoms with Gasteiger partial charge in [0.05, 0.1) is 11.3 Å². The molecule has 0 aliphatic carbocycles. The molecule has 4 aromatic rings. The van der Waals surface area contributed by atoms with Gasteiger partial charge >= 0.3 is 0 Å². The van der Waals surface area contributed by atoms with Gasteiger partial charge < -0.3 is 31.9 Å². The van der Waals surface area contributed by atoms with Gasteiger partial charge in [0.25, 0.3) is 11.8 Å². The van der Waals surface area contributed by atoms with Crippen LogP contribution in [0.5, 0.6) is 0 Å². The molecule has 0 saturated heterocycles. The van der Waals surface area contributed by atoms with Gasteiger partial charge in [0, 0.05) is 69.2 Å². The fraction of sp³-hybridized carbons (Fsp3) is 0.265. The Hall–Kier alpha value is -5.85. The standard InChI is InChI=1S/C34H37N9O4/c35-34-40-22-26(30(42-34)24-10-5-2-6-11-24)33(47)43-18-7-12-29(44)38-16-15-36-25-13-14-37-27(21-25)32(46)41-28(31(45)39-17-19-43)20-23-8-3-1-4-9-23/h1-6,8-11,13-14,21-22,28,36H,7,12,15-20H2,(H,38,44)(H,39,45)(H,41,46)(H2,35,40,42)/t28-/m0/s1. The number of benzene rings is 2.